The molecule has 10 heteroatoms. The molecular weight excluding hydrogens is 389 g/mol. The number of carbonyl (C=O) groups excluding carboxylic acids is 3. The summed E-state index contributed by atoms with van der Waals surface area (Å²) in [5, 5.41) is 7.50. The van der Waals surface area contributed by atoms with Crippen LogP contribution in [0.25, 0.3) is 0 Å². The summed E-state index contributed by atoms with van der Waals surface area (Å²) in [6.07, 6.45) is -3.88. The number of urea groups is 1. The number of rotatable bonds is 4. The minimum absolute atomic E-state index is 0.139. The van der Waals surface area contributed by atoms with Crippen molar-refractivity contribution < 1.29 is 27.6 Å². The average Bonchev–Trinajstić information content (AvgIpc) is 3.03. The smallest absolute Gasteiger partial charge is 0.342 e. The fourth-order valence-corrected chi connectivity index (χ4v) is 3.78. The normalized spacial score (nSPS) is 24.3. The molecule has 0 aromatic heterocycles. The first-order chi connectivity index (χ1) is 13.6. The van der Waals surface area contributed by atoms with Crippen molar-refractivity contribution in [3.8, 4) is 0 Å². The molecule has 2 heterocycles. The van der Waals surface area contributed by atoms with E-state index in [2.05, 4.69) is 16.0 Å². The summed E-state index contributed by atoms with van der Waals surface area (Å²) in [6.45, 7) is 4.03. The van der Waals surface area contributed by atoms with Gasteiger partial charge in [0.25, 0.3) is 0 Å². The van der Waals surface area contributed by atoms with Crippen LogP contribution in [0.15, 0.2) is 24.3 Å². The van der Waals surface area contributed by atoms with Crippen molar-refractivity contribution in [2.24, 2.45) is 5.92 Å². The first kappa shape index (κ1) is 20.9. The minimum Gasteiger partial charge on any atom is -0.342 e. The number of alkyl halides is 3. The lowest BCUT2D eigenvalue weighted by Gasteiger charge is -2.35. The Morgan fingerprint density at radius 2 is 1.97 bits per heavy atom. The van der Waals surface area contributed by atoms with Gasteiger partial charge in [-0.05, 0) is 30.9 Å². The van der Waals surface area contributed by atoms with Crippen LogP contribution in [-0.4, -0.2) is 47.4 Å². The molecule has 3 atom stereocenters. The van der Waals surface area contributed by atoms with E-state index < -0.39 is 35.9 Å². The second kappa shape index (κ2) is 7.92. The quantitative estimate of drug-likeness (QED) is 0.709. The van der Waals surface area contributed by atoms with Gasteiger partial charge in [-0.2, -0.15) is 13.2 Å². The molecular formula is C19H23F3N4O3. The molecule has 3 rings (SSSR count). The Hall–Kier alpha value is -2.78. The molecule has 7 nitrogen and oxygen atoms in total. The Kier molecular flexibility index (Phi) is 5.72. The van der Waals surface area contributed by atoms with E-state index >= 15 is 0 Å². The number of carbonyl (C=O) groups is 3. The molecule has 0 unspecified atom stereocenters. The van der Waals surface area contributed by atoms with Crippen LogP contribution in [0.2, 0.25) is 0 Å². The number of halogens is 3. The Labute approximate surface area is 166 Å². The number of nitrogens with one attached hydrogen (secondary N) is 3. The van der Waals surface area contributed by atoms with E-state index in [1.54, 1.807) is 0 Å². The first-order valence-corrected chi connectivity index (χ1v) is 9.41. The van der Waals surface area contributed by atoms with Crippen LogP contribution in [0, 0.1) is 5.92 Å². The van der Waals surface area contributed by atoms with Crippen molar-refractivity contribution in [3.63, 3.8) is 0 Å². The molecule has 0 spiro atoms. The van der Waals surface area contributed by atoms with Gasteiger partial charge >= 0.3 is 12.2 Å². The van der Waals surface area contributed by atoms with Crippen molar-refractivity contribution in [3.05, 3.63) is 29.8 Å². The van der Waals surface area contributed by atoms with Crippen LogP contribution in [0.3, 0.4) is 0 Å². The van der Waals surface area contributed by atoms with Gasteiger partial charge in [0.15, 0.2) is 0 Å². The zero-order valence-corrected chi connectivity index (χ0v) is 16.0. The van der Waals surface area contributed by atoms with Gasteiger partial charge < -0.3 is 20.9 Å². The van der Waals surface area contributed by atoms with Crippen LogP contribution < -0.4 is 16.0 Å². The Balaban J connectivity index is 1.64. The predicted octanol–water partition coefficient (Wildman–Crippen LogP) is 2.34. The highest BCUT2D eigenvalue weighted by atomic mass is 19.4. The summed E-state index contributed by atoms with van der Waals surface area (Å²) >= 11 is 0. The summed E-state index contributed by atoms with van der Waals surface area (Å²) in [5.74, 6) is -0.255. The van der Waals surface area contributed by atoms with E-state index in [-0.39, 0.29) is 36.4 Å². The van der Waals surface area contributed by atoms with Gasteiger partial charge in [0.05, 0.1) is 17.3 Å². The number of amides is 4. The Morgan fingerprint density at radius 1 is 1.28 bits per heavy atom. The summed E-state index contributed by atoms with van der Waals surface area (Å²) in [6, 6.07) is 2.03. The molecule has 0 radical (unpaired) electrons. The van der Waals surface area contributed by atoms with E-state index in [0.717, 1.165) is 12.1 Å². The van der Waals surface area contributed by atoms with E-state index in [1.807, 2.05) is 13.8 Å². The molecule has 2 aliphatic rings. The molecule has 0 saturated carbocycles. The lowest BCUT2D eigenvalue weighted by Crippen LogP contribution is -2.61. The maximum Gasteiger partial charge on any atom is 0.418 e. The monoisotopic (exact) mass is 412 g/mol. The molecule has 3 N–H and O–H groups in total. The number of fused-ring (bicyclic) bond motifs is 1. The topological polar surface area (TPSA) is 90.5 Å². The maximum absolute atomic E-state index is 13.1. The van der Waals surface area contributed by atoms with Gasteiger partial charge in [-0.15, -0.1) is 0 Å². The van der Waals surface area contributed by atoms with Gasteiger partial charge in [0, 0.05) is 6.54 Å². The van der Waals surface area contributed by atoms with Gasteiger partial charge in [0.1, 0.15) is 12.1 Å². The van der Waals surface area contributed by atoms with E-state index in [4.69, 9.17) is 0 Å². The van der Waals surface area contributed by atoms with Crippen LogP contribution in [-0.2, 0) is 15.8 Å². The third-order valence-electron chi connectivity index (χ3n) is 5.02. The standard InChI is InChI=1S/C19H23F3N4O3/c1-10(2)7-14-17(28)26-9-11(8-15(26)16(27)24-14)23-18(29)25-13-6-4-3-5-12(13)19(20,21)22/h3-6,10-11,14-15H,7-9H2,1-2H3,(H,24,27)(H2,23,25,29)/t11-,14+,15-/m0/s1. The average molecular weight is 412 g/mol. The summed E-state index contributed by atoms with van der Waals surface area (Å²) in [4.78, 5) is 38.6. The summed E-state index contributed by atoms with van der Waals surface area (Å²) < 4.78 is 39.2. The fourth-order valence-electron chi connectivity index (χ4n) is 3.78. The highest BCUT2D eigenvalue weighted by Gasteiger charge is 2.46. The number of anilines is 1. The molecule has 2 fully saturated rings. The third kappa shape index (κ3) is 4.63. The molecule has 2 aliphatic heterocycles. The summed E-state index contributed by atoms with van der Waals surface area (Å²) in [5.41, 5.74) is -1.32. The number of hydrogen-bond acceptors (Lipinski definition) is 3. The Morgan fingerprint density at radius 3 is 2.62 bits per heavy atom. The van der Waals surface area contributed by atoms with E-state index in [9.17, 15) is 27.6 Å². The Bertz CT molecular complexity index is 812. The number of para-hydroxylation sites is 1. The molecule has 2 saturated heterocycles. The second-order valence-corrected chi connectivity index (χ2v) is 7.77. The van der Waals surface area contributed by atoms with Crippen molar-refractivity contribution in [2.45, 2.75) is 51.0 Å². The number of hydrogen-bond donors (Lipinski definition) is 3. The highest BCUT2D eigenvalue weighted by Crippen LogP contribution is 2.34. The van der Waals surface area contributed by atoms with Crippen molar-refractivity contribution in [2.75, 3.05) is 11.9 Å². The van der Waals surface area contributed by atoms with Gasteiger partial charge in [0.2, 0.25) is 11.8 Å². The largest absolute Gasteiger partial charge is 0.418 e. The zero-order chi connectivity index (χ0) is 21.3. The molecule has 0 bridgehead atoms. The second-order valence-electron chi connectivity index (χ2n) is 7.77. The van der Waals surface area contributed by atoms with Crippen LogP contribution in [0.4, 0.5) is 23.7 Å². The lowest BCUT2D eigenvalue weighted by atomic mass is 9.99. The van der Waals surface area contributed by atoms with E-state index in [1.165, 1.54) is 17.0 Å². The zero-order valence-electron chi connectivity index (χ0n) is 16.0. The minimum atomic E-state index is -4.60. The van der Waals surface area contributed by atoms with Gasteiger partial charge in [-0.25, -0.2) is 4.79 Å². The van der Waals surface area contributed by atoms with Crippen LogP contribution in [0.5, 0.6) is 0 Å². The van der Waals surface area contributed by atoms with Crippen molar-refractivity contribution >= 4 is 23.5 Å². The molecule has 1 aromatic carbocycles. The fraction of sp³-hybridized carbons (Fsp3) is 0.526. The number of nitrogens with zero attached hydrogens (tertiary/aromatic N) is 1. The highest BCUT2D eigenvalue weighted by molar-refractivity contribution is 5.98. The van der Waals surface area contributed by atoms with Gasteiger partial charge in [-0.1, -0.05) is 26.0 Å². The molecule has 0 aliphatic carbocycles. The number of piperazine rings is 1. The molecule has 1 aromatic rings. The van der Waals surface area contributed by atoms with Crippen molar-refractivity contribution in [1.29, 1.82) is 0 Å². The van der Waals surface area contributed by atoms with Crippen molar-refractivity contribution in [1.82, 2.24) is 15.5 Å². The van der Waals surface area contributed by atoms with Crippen LogP contribution in [0.1, 0.15) is 32.3 Å². The molecule has 4 amide bonds. The van der Waals surface area contributed by atoms with Gasteiger partial charge in [-0.3, -0.25) is 9.59 Å². The van der Waals surface area contributed by atoms with E-state index in [0.29, 0.717) is 6.42 Å². The summed E-state index contributed by atoms with van der Waals surface area (Å²) in [7, 11) is 0. The maximum atomic E-state index is 13.1. The lowest BCUT2D eigenvalue weighted by molar-refractivity contribution is -0.147. The third-order valence-corrected chi connectivity index (χ3v) is 5.02. The number of benzene rings is 1. The SMILES string of the molecule is CC(C)C[C@H]1NC(=O)[C@@H]2C[C@H](NC(=O)Nc3ccccc3C(F)(F)F)CN2C1=O. The molecule has 29 heavy (non-hydrogen) atoms. The molecule has 158 valence electrons. The van der Waals surface area contributed by atoms with Crippen LogP contribution >= 0.6 is 0 Å². The predicted molar refractivity (Wildman–Crippen MR) is 98.9 cm³/mol. The first-order valence-electron chi connectivity index (χ1n) is 9.41.